The molecule has 4 aromatic rings. The summed E-state index contributed by atoms with van der Waals surface area (Å²) in [6, 6.07) is 14.2. The predicted octanol–water partition coefficient (Wildman–Crippen LogP) is 6.00. The molecule has 6 heterocycles. The number of ether oxygens (including phenoxy) is 2. The number of hydrogen-bond acceptors (Lipinski definition) is 13. The molecule has 3 saturated heterocycles. The molecule has 0 radical (unpaired) electrons. The Morgan fingerprint density at radius 2 is 1.59 bits per heavy atom. The number of likely N-dealkylation sites (tertiary alicyclic amines) is 1. The van der Waals surface area contributed by atoms with Crippen molar-refractivity contribution in [1.29, 1.82) is 0 Å². The van der Waals surface area contributed by atoms with Gasteiger partial charge in [-0.15, -0.1) is 0 Å². The monoisotopic (exact) mass is 1030 g/mol. The van der Waals surface area contributed by atoms with Gasteiger partial charge < -0.3 is 55.3 Å². The van der Waals surface area contributed by atoms with Crippen LogP contribution in [-0.2, 0) is 45.3 Å². The Morgan fingerprint density at radius 3 is 2.33 bits per heavy atom. The first-order chi connectivity index (χ1) is 36.1. The Bertz CT molecular complexity index is 2740. The Labute approximate surface area is 439 Å². The van der Waals surface area contributed by atoms with Gasteiger partial charge in [0.1, 0.15) is 42.3 Å². The van der Waals surface area contributed by atoms with Gasteiger partial charge in [-0.25, -0.2) is 9.78 Å². The van der Waals surface area contributed by atoms with E-state index in [1.807, 2.05) is 47.7 Å². The number of carbonyl (C=O) groups excluding carboxylic acids is 5. The van der Waals surface area contributed by atoms with E-state index in [1.165, 1.54) is 11.6 Å². The van der Waals surface area contributed by atoms with Crippen molar-refractivity contribution in [2.24, 2.45) is 17.6 Å². The second kappa shape index (κ2) is 23.4. The third kappa shape index (κ3) is 12.5. The number of anilines is 2. The van der Waals surface area contributed by atoms with Crippen LogP contribution in [0.15, 0.2) is 54.7 Å². The number of carbonyl (C=O) groups is 5. The number of fused-ring (bicyclic) bond motifs is 4. The highest BCUT2D eigenvalue weighted by atomic mass is 16.6. The zero-order valence-electron chi connectivity index (χ0n) is 43.9. The van der Waals surface area contributed by atoms with Crippen molar-refractivity contribution in [1.82, 2.24) is 34.5 Å². The topological polar surface area (TPSA) is 228 Å². The van der Waals surface area contributed by atoms with Crippen LogP contribution in [0, 0.1) is 11.8 Å². The molecule has 0 spiro atoms. The number of nitrogens with two attached hydrogens (primary N) is 1. The number of imidazole rings is 1. The summed E-state index contributed by atoms with van der Waals surface area (Å²) >= 11 is 0. The minimum Gasteiger partial charge on any atom is -0.508 e. The number of nitrogens with one attached hydrogen (secondary N) is 2. The molecule has 0 saturated carbocycles. The lowest BCUT2D eigenvalue weighted by Gasteiger charge is -2.39. The standard InChI is InChI=1S/C56H74N10O9/c1-35(2)43-27-44(48(68)28-47(43)67)55(72)65-31-39-9-8-38(25-40(39)32-65)30-62-21-19-61(20-22-62)29-37-14-17-63(18-15-37)52(70)13-12-51(69)58-16-6-5-7-45(53(57)71)59-41-10-11-42-49(26-41)74-24-23-64-33-50(60-54(42)64)66-46(36(3)4)34-75-56(66)73/h8-11,25-28,33,35-37,45-46,59,67-68H,5-7,12-24,29-32,34H2,1-4H3,(H2,57,71)(H,58,69)/t45-,46-/m0/s1. The molecule has 402 valence electrons. The van der Waals surface area contributed by atoms with Crippen LogP contribution in [-0.4, -0.2) is 147 Å². The number of phenols is 2. The summed E-state index contributed by atoms with van der Waals surface area (Å²) in [7, 11) is 0. The molecule has 19 nitrogen and oxygen atoms in total. The summed E-state index contributed by atoms with van der Waals surface area (Å²) in [4.78, 5) is 79.7. The van der Waals surface area contributed by atoms with Gasteiger partial charge in [0.25, 0.3) is 5.91 Å². The first-order valence-corrected chi connectivity index (χ1v) is 26.9. The SMILES string of the molecule is CC(C)c1cc(C(=O)N2Cc3ccc(CN4CCN(CC5CCN(C(=O)CCC(=O)NCCCC[C@H](Nc6ccc7c(c6)OCCn6cc(N8C(=O)OC[C@H]8C(C)C)nc6-7)C(N)=O)CC5)CC4)cc3C2)c(O)cc1O. The maximum absolute atomic E-state index is 13.5. The number of piperazine rings is 1. The van der Waals surface area contributed by atoms with Crippen LogP contribution in [0.1, 0.15) is 111 Å². The minimum absolute atomic E-state index is 0.00577. The summed E-state index contributed by atoms with van der Waals surface area (Å²) < 4.78 is 13.4. The summed E-state index contributed by atoms with van der Waals surface area (Å²) in [5, 5.41) is 27.0. The average Bonchev–Trinajstić information content (AvgIpc) is 4.10. The largest absolute Gasteiger partial charge is 0.508 e. The van der Waals surface area contributed by atoms with Crippen LogP contribution in [0.2, 0.25) is 0 Å². The van der Waals surface area contributed by atoms with Gasteiger partial charge in [0.2, 0.25) is 17.7 Å². The number of unbranched alkanes of at least 4 members (excludes halogenated alkanes) is 1. The Kier molecular flexibility index (Phi) is 16.5. The molecule has 2 atom stereocenters. The van der Waals surface area contributed by atoms with Crippen LogP contribution in [0.25, 0.3) is 11.4 Å². The second-order valence-electron chi connectivity index (χ2n) is 21.6. The van der Waals surface area contributed by atoms with Gasteiger partial charge in [-0.1, -0.05) is 45.9 Å². The molecule has 75 heavy (non-hydrogen) atoms. The van der Waals surface area contributed by atoms with E-state index in [9.17, 15) is 34.2 Å². The number of benzene rings is 3. The van der Waals surface area contributed by atoms with Crippen molar-refractivity contribution in [2.45, 2.75) is 117 Å². The molecule has 0 aliphatic carbocycles. The Balaban J connectivity index is 0.638. The number of hydrogen-bond donors (Lipinski definition) is 5. The summed E-state index contributed by atoms with van der Waals surface area (Å²) in [5.74, 6) is 1.46. The normalized spacial score (nSPS) is 18.6. The van der Waals surface area contributed by atoms with Crippen LogP contribution in [0.3, 0.4) is 0 Å². The molecule has 6 N–H and O–H groups in total. The molecule has 5 aliphatic rings. The maximum Gasteiger partial charge on any atom is 0.415 e. The fourth-order valence-corrected chi connectivity index (χ4v) is 11.1. The number of cyclic esters (lactones) is 1. The van der Waals surface area contributed by atoms with E-state index in [0.717, 1.165) is 68.8 Å². The highest BCUT2D eigenvalue weighted by Crippen LogP contribution is 2.38. The molecular formula is C56H74N10O9. The number of rotatable bonds is 19. The van der Waals surface area contributed by atoms with Crippen LogP contribution >= 0.6 is 0 Å². The van der Waals surface area contributed by atoms with Crippen molar-refractivity contribution in [3.8, 4) is 28.6 Å². The van der Waals surface area contributed by atoms with E-state index >= 15 is 0 Å². The van der Waals surface area contributed by atoms with Crippen molar-refractivity contribution >= 4 is 41.2 Å². The van der Waals surface area contributed by atoms with E-state index in [4.69, 9.17) is 20.2 Å². The Hall–Kier alpha value is -6.86. The van der Waals surface area contributed by atoms with Crippen molar-refractivity contribution in [3.63, 3.8) is 0 Å². The molecule has 0 bridgehead atoms. The number of aromatic nitrogens is 2. The van der Waals surface area contributed by atoms with E-state index in [0.29, 0.717) is 106 Å². The zero-order chi connectivity index (χ0) is 52.9. The van der Waals surface area contributed by atoms with Gasteiger partial charge in [0.15, 0.2) is 5.82 Å². The number of nitrogens with zero attached hydrogens (tertiary/aromatic N) is 7. The third-order valence-corrected chi connectivity index (χ3v) is 15.6. The van der Waals surface area contributed by atoms with E-state index in [1.54, 1.807) is 15.9 Å². The highest BCUT2D eigenvalue weighted by molar-refractivity contribution is 5.97. The van der Waals surface area contributed by atoms with Crippen molar-refractivity contribution in [2.75, 3.05) is 75.8 Å². The third-order valence-electron chi connectivity index (χ3n) is 15.6. The molecule has 19 heteroatoms. The van der Waals surface area contributed by atoms with Crippen molar-refractivity contribution in [3.05, 3.63) is 82.5 Å². The second-order valence-corrected chi connectivity index (χ2v) is 21.6. The molecule has 3 aromatic carbocycles. The van der Waals surface area contributed by atoms with E-state index in [-0.39, 0.29) is 65.5 Å². The van der Waals surface area contributed by atoms with E-state index < -0.39 is 18.0 Å². The minimum atomic E-state index is -0.640. The van der Waals surface area contributed by atoms with Crippen LogP contribution in [0.4, 0.5) is 16.3 Å². The van der Waals surface area contributed by atoms with Crippen LogP contribution < -0.4 is 26.0 Å². The lowest BCUT2D eigenvalue weighted by atomic mass is 9.95. The first kappa shape index (κ1) is 53.0. The summed E-state index contributed by atoms with van der Waals surface area (Å²) in [6.07, 6.45) is 5.42. The summed E-state index contributed by atoms with van der Waals surface area (Å²) in [5.41, 5.74) is 11.6. The molecule has 5 aliphatic heterocycles. The van der Waals surface area contributed by atoms with Gasteiger partial charge >= 0.3 is 6.09 Å². The number of amides is 5. The number of phenolic OH excluding ortho intramolecular Hbond substituents is 2. The predicted molar refractivity (Wildman–Crippen MR) is 283 cm³/mol. The number of piperidine rings is 1. The first-order valence-electron chi connectivity index (χ1n) is 26.9. The van der Waals surface area contributed by atoms with Gasteiger partial charge in [-0.2, -0.15) is 0 Å². The fourth-order valence-electron chi connectivity index (χ4n) is 11.1. The quantitative estimate of drug-likeness (QED) is 0.0680. The molecule has 5 amide bonds. The molecular weight excluding hydrogens is 957 g/mol. The van der Waals surface area contributed by atoms with Gasteiger partial charge in [-0.05, 0) is 90.3 Å². The lowest BCUT2D eigenvalue weighted by molar-refractivity contribution is -0.134. The Morgan fingerprint density at radius 1 is 0.827 bits per heavy atom. The number of aromatic hydroxyl groups is 2. The fraction of sp³-hybridized carbons (Fsp3) is 0.536. The average molecular weight is 1030 g/mol. The van der Waals surface area contributed by atoms with Gasteiger partial charge in [0.05, 0.1) is 23.7 Å². The van der Waals surface area contributed by atoms with Gasteiger partial charge in [0, 0.05) is 109 Å². The zero-order valence-corrected chi connectivity index (χ0v) is 43.9. The van der Waals surface area contributed by atoms with Crippen LogP contribution in [0.5, 0.6) is 17.2 Å². The molecule has 3 fully saturated rings. The highest BCUT2D eigenvalue weighted by Gasteiger charge is 2.39. The molecule has 9 rings (SSSR count). The lowest BCUT2D eigenvalue weighted by Crippen LogP contribution is -2.48. The smallest absolute Gasteiger partial charge is 0.415 e. The van der Waals surface area contributed by atoms with Crippen molar-refractivity contribution < 1.29 is 43.7 Å². The molecule has 0 unspecified atom stereocenters. The van der Waals surface area contributed by atoms with E-state index in [2.05, 4.69) is 52.5 Å². The molecule has 1 aromatic heterocycles. The maximum atomic E-state index is 13.5. The summed E-state index contributed by atoms with van der Waals surface area (Å²) in [6.45, 7) is 17.8. The van der Waals surface area contributed by atoms with Gasteiger partial charge in [-0.3, -0.25) is 29.0 Å². The number of primary amides is 1.